The first-order chi connectivity index (χ1) is 14.9. The standard InChI is InChI=1S/3C9H12N.Sc/c3*1-10(2)8-9-6-4-3-5-7-9;/h3*3-8H,1-2H3;. The monoisotopic (exact) mass is 447 g/mol. The third kappa shape index (κ3) is 5.81. The summed E-state index contributed by atoms with van der Waals surface area (Å²) in [4.78, 5) is 7.41. The molecule has 0 saturated heterocycles. The van der Waals surface area contributed by atoms with Crippen LogP contribution in [0.1, 0.15) is 28.1 Å². The molecule has 0 N–H and O–H groups in total. The van der Waals surface area contributed by atoms with Crippen molar-refractivity contribution in [2.75, 3.05) is 42.3 Å². The molecule has 3 unspecified atom stereocenters. The van der Waals surface area contributed by atoms with Crippen molar-refractivity contribution in [1.29, 1.82) is 0 Å². The van der Waals surface area contributed by atoms with E-state index >= 15 is 0 Å². The molecule has 0 fully saturated rings. The van der Waals surface area contributed by atoms with Crippen LogP contribution in [0.25, 0.3) is 0 Å². The summed E-state index contributed by atoms with van der Waals surface area (Å²) in [5.41, 5.74) is 4.30. The molecule has 3 nitrogen and oxygen atoms in total. The van der Waals surface area contributed by atoms with Crippen molar-refractivity contribution in [2.45, 2.75) is 11.4 Å². The van der Waals surface area contributed by atoms with Crippen LogP contribution in [-0.4, -0.2) is 57.0 Å². The zero-order valence-electron chi connectivity index (χ0n) is 19.8. The molecule has 3 rings (SSSR count). The van der Waals surface area contributed by atoms with Crippen molar-refractivity contribution in [2.24, 2.45) is 0 Å². The van der Waals surface area contributed by atoms with Crippen molar-refractivity contribution in [3.8, 4) is 0 Å². The van der Waals surface area contributed by atoms with Gasteiger partial charge in [-0.15, -0.1) is 0 Å². The van der Waals surface area contributed by atoms with E-state index in [1.807, 2.05) is 0 Å². The summed E-state index contributed by atoms with van der Waals surface area (Å²) in [6.45, 7) is 0. The van der Waals surface area contributed by atoms with E-state index in [4.69, 9.17) is 0 Å². The third-order valence-electron chi connectivity index (χ3n) is 6.19. The number of benzene rings is 3. The van der Waals surface area contributed by atoms with E-state index in [2.05, 4.69) is 148 Å². The Hall–Kier alpha value is -1.59. The predicted molar refractivity (Wildman–Crippen MR) is 129 cm³/mol. The van der Waals surface area contributed by atoms with Gasteiger partial charge in [-0.1, -0.05) is 0 Å². The van der Waals surface area contributed by atoms with E-state index in [-0.39, 0.29) is 0 Å². The van der Waals surface area contributed by atoms with Gasteiger partial charge in [0, 0.05) is 0 Å². The van der Waals surface area contributed by atoms with Crippen molar-refractivity contribution in [3.05, 3.63) is 108 Å². The van der Waals surface area contributed by atoms with Gasteiger partial charge in [0.15, 0.2) is 0 Å². The van der Waals surface area contributed by atoms with Gasteiger partial charge in [-0.05, 0) is 0 Å². The van der Waals surface area contributed by atoms with E-state index in [1.165, 1.54) is 16.7 Å². The van der Waals surface area contributed by atoms with Crippen molar-refractivity contribution < 1.29 is 21.4 Å². The Labute approximate surface area is 196 Å². The van der Waals surface area contributed by atoms with E-state index in [1.54, 1.807) is 0 Å². The molecule has 0 aliphatic carbocycles. The fourth-order valence-corrected chi connectivity index (χ4v) is 13.0. The second kappa shape index (κ2) is 11.3. The average molecular weight is 448 g/mol. The molecule has 0 amide bonds. The van der Waals surface area contributed by atoms with Crippen LogP contribution in [0, 0.1) is 0 Å². The van der Waals surface area contributed by atoms with E-state index < -0.39 is 21.4 Å². The number of nitrogens with zero attached hydrogens (tertiary/aromatic N) is 3. The third-order valence-corrected chi connectivity index (χ3v) is 14.2. The average Bonchev–Trinajstić information content (AvgIpc) is 2.75. The zero-order chi connectivity index (χ0) is 22.4. The van der Waals surface area contributed by atoms with Crippen LogP contribution in [0.4, 0.5) is 0 Å². The summed E-state index contributed by atoms with van der Waals surface area (Å²) in [6.07, 6.45) is 0. The summed E-state index contributed by atoms with van der Waals surface area (Å²) >= 11 is -2.33. The number of hydrogen-bond acceptors (Lipinski definition) is 3. The van der Waals surface area contributed by atoms with Gasteiger partial charge in [0.25, 0.3) is 0 Å². The molecule has 0 radical (unpaired) electrons. The molecule has 0 saturated carbocycles. The Morgan fingerprint density at radius 3 is 0.839 bits per heavy atom. The van der Waals surface area contributed by atoms with Crippen LogP contribution in [0.5, 0.6) is 0 Å². The van der Waals surface area contributed by atoms with Gasteiger partial charge in [0.05, 0.1) is 0 Å². The topological polar surface area (TPSA) is 9.72 Å². The first kappa shape index (κ1) is 24.1. The SMILES string of the molecule is CN(C)[CH](c1ccccc1)[Sc]([CH](c1ccccc1)N(C)C)[CH](c1ccccc1)N(C)C. The maximum atomic E-state index is 2.47. The Morgan fingerprint density at radius 1 is 0.419 bits per heavy atom. The van der Waals surface area contributed by atoms with Gasteiger partial charge in [0.2, 0.25) is 0 Å². The molecule has 162 valence electrons. The van der Waals surface area contributed by atoms with Crippen LogP contribution in [0.2, 0.25) is 0 Å². The summed E-state index contributed by atoms with van der Waals surface area (Å²) < 4.78 is 1.27. The molecule has 3 atom stereocenters. The molecule has 31 heavy (non-hydrogen) atoms. The molecule has 0 spiro atoms. The fourth-order valence-electron chi connectivity index (χ4n) is 5.06. The minimum absolute atomic E-state index is 0.425. The van der Waals surface area contributed by atoms with Gasteiger partial charge in [-0.3, -0.25) is 0 Å². The normalized spacial score (nSPS) is 14.6. The van der Waals surface area contributed by atoms with Crippen LogP contribution in [0.15, 0.2) is 91.0 Å². The van der Waals surface area contributed by atoms with E-state index in [9.17, 15) is 0 Å². The summed E-state index contributed by atoms with van der Waals surface area (Å²) in [7, 11) is 13.5. The Bertz CT molecular complexity index is 775. The molecule has 3 aromatic rings. The van der Waals surface area contributed by atoms with E-state index in [0.29, 0.717) is 11.4 Å². The van der Waals surface area contributed by atoms with Crippen LogP contribution < -0.4 is 0 Å². The molecule has 0 aliphatic rings. The number of hydrogen-bond donors (Lipinski definition) is 0. The molecule has 0 bridgehead atoms. The number of rotatable bonds is 9. The molecular weight excluding hydrogens is 411 g/mol. The maximum absolute atomic E-state index is 2.47. The predicted octanol–water partition coefficient (Wildman–Crippen LogP) is 5.39. The summed E-state index contributed by atoms with van der Waals surface area (Å²) in [6, 6.07) is 33.4. The fraction of sp³-hybridized carbons (Fsp3) is 0.333. The minimum atomic E-state index is -2.33. The van der Waals surface area contributed by atoms with Crippen LogP contribution in [0.3, 0.4) is 0 Å². The van der Waals surface area contributed by atoms with Crippen LogP contribution in [-0.2, 0) is 21.4 Å². The molecule has 0 aliphatic heterocycles. The van der Waals surface area contributed by atoms with Gasteiger partial charge in [-0.2, -0.15) is 0 Å². The Kier molecular flexibility index (Phi) is 8.79. The van der Waals surface area contributed by atoms with Crippen molar-refractivity contribution in [1.82, 2.24) is 14.7 Å². The Morgan fingerprint density at radius 2 is 0.645 bits per heavy atom. The summed E-state index contributed by atoms with van der Waals surface area (Å²) in [5, 5.41) is 0. The molecular formula is C27H36N3Sc. The van der Waals surface area contributed by atoms with Gasteiger partial charge in [-0.25, -0.2) is 0 Å². The molecule has 3 aromatic carbocycles. The molecule has 4 heteroatoms. The second-order valence-electron chi connectivity index (χ2n) is 9.03. The zero-order valence-corrected chi connectivity index (χ0v) is 21.6. The van der Waals surface area contributed by atoms with Crippen molar-refractivity contribution in [3.63, 3.8) is 0 Å². The summed E-state index contributed by atoms with van der Waals surface area (Å²) in [5.74, 6) is 0. The molecule has 0 heterocycles. The quantitative estimate of drug-likeness (QED) is 0.436. The van der Waals surface area contributed by atoms with E-state index in [0.717, 1.165) is 0 Å². The van der Waals surface area contributed by atoms with Gasteiger partial charge >= 0.3 is 198 Å². The van der Waals surface area contributed by atoms with Crippen LogP contribution >= 0.6 is 0 Å². The molecule has 0 aromatic heterocycles. The first-order valence-corrected chi connectivity index (χ1v) is 14.2. The van der Waals surface area contributed by atoms with Gasteiger partial charge < -0.3 is 0 Å². The van der Waals surface area contributed by atoms with Gasteiger partial charge in [0.1, 0.15) is 0 Å². The second-order valence-corrected chi connectivity index (χ2v) is 13.8. The Balaban J connectivity index is 2.25. The van der Waals surface area contributed by atoms with Crippen molar-refractivity contribution >= 4 is 0 Å². The first-order valence-electron chi connectivity index (χ1n) is 11.1.